The quantitative estimate of drug-likeness (QED) is 0.709. The highest BCUT2D eigenvalue weighted by Gasteiger charge is 2.25. The highest BCUT2D eigenvalue weighted by molar-refractivity contribution is 9.10. The fourth-order valence-corrected chi connectivity index (χ4v) is 4.93. The summed E-state index contributed by atoms with van der Waals surface area (Å²) in [6.07, 6.45) is 0.927. The third-order valence-corrected chi connectivity index (χ3v) is 6.40. The summed E-state index contributed by atoms with van der Waals surface area (Å²) in [4.78, 5) is 2.41. The molecule has 136 valence electrons. The number of nitrogens with one attached hydrogen (secondary N) is 1. The van der Waals surface area contributed by atoms with Crippen molar-refractivity contribution in [3.05, 3.63) is 27.7 Å². The van der Waals surface area contributed by atoms with Crippen LogP contribution in [0.4, 0.5) is 0 Å². The molecule has 1 saturated heterocycles. The second kappa shape index (κ2) is 8.96. The van der Waals surface area contributed by atoms with Crippen LogP contribution >= 0.6 is 27.5 Å². The molecule has 1 fully saturated rings. The summed E-state index contributed by atoms with van der Waals surface area (Å²) >= 11 is 9.37. The molecule has 0 spiro atoms. The van der Waals surface area contributed by atoms with Crippen molar-refractivity contribution in [1.82, 2.24) is 9.62 Å². The molecule has 0 amide bonds. The summed E-state index contributed by atoms with van der Waals surface area (Å²) < 4.78 is 34.0. The van der Waals surface area contributed by atoms with Crippen LogP contribution in [0.15, 0.2) is 27.6 Å². The van der Waals surface area contributed by atoms with Crippen LogP contribution in [-0.4, -0.2) is 52.2 Å². The van der Waals surface area contributed by atoms with E-state index in [4.69, 9.17) is 16.3 Å². The summed E-state index contributed by atoms with van der Waals surface area (Å²) in [5, 5.41) is 0.212. The topological polar surface area (TPSA) is 58.6 Å². The molecule has 1 aliphatic rings. The van der Waals surface area contributed by atoms with E-state index in [1.54, 1.807) is 12.1 Å². The summed E-state index contributed by atoms with van der Waals surface area (Å²) in [5.41, 5.74) is 0. The SMILES string of the molecule is CC(C)C[C@H](CNS(=O)(=O)c1ccc(Br)cc1Cl)N1CCOCC1. The molecule has 1 aliphatic heterocycles. The number of hydrogen-bond acceptors (Lipinski definition) is 4. The number of hydrogen-bond donors (Lipinski definition) is 1. The maximum Gasteiger partial charge on any atom is 0.242 e. The Kier molecular flexibility index (Phi) is 7.52. The highest BCUT2D eigenvalue weighted by Crippen LogP contribution is 2.25. The first-order valence-electron chi connectivity index (χ1n) is 8.06. The average molecular weight is 440 g/mol. The Morgan fingerprint density at radius 2 is 2.00 bits per heavy atom. The zero-order valence-corrected chi connectivity index (χ0v) is 17.1. The molecule has 0 aliphatic carbocycles. The van der Waals surface area contributed by atoms with Crippen LogP contribution in [0.2, 0.25) is 5.02 Å². The number of rotatable bonds is 7. The maximum absolute atomic E-state index is 12.6. The summed E-state index contributed by atoms with van der Waals surface area (Å²) in [6, 6.07) is 4.93. The first-order chi connectivity index (χ1) is 11.3. The number of nitrogens with zero attached hydrogens (tertiary/aromatic N) is 1. The zero-order valence-electron chi connectivity index (χ0n) is 14.0. The number of morpholine rings is 1. The van der Waals surface area contributed by atoms with Gasteiger partial charge in [0.15, 0.2) is 0 Å². The lowest BCUT2D eigenvalue weighted by molar-refractivity contribution is 0.0134. The van der Waals surface area contributed by atoms with Crippen LogP contribution in [0.25, 0.3) is 0 Å². The lowest BCUT2D eigenvalue weighted by Gasteiger charge is -2.35. The van der Waals surface area contributed by atoms with Gasteiger partial charge in [-0.1, -0.05) is 41.4 Å². The van der Waals surface area contributed by atoms with E-state index in [0.29, 0.717) is 25.7 Å². The first-order valence-corrected chi connectivity index (χ1v) is 10.7. The molecule has 2 rings (SSSR count). The number of ether oxygens (including phenoxy) is 1. The molecule has 0 radical (unpaired) electrons. The van der Waals surface area contributed by atoms with E-state index in [9.17, 15) is 8.42 Å². The Morgan fingerprint density at radius 1 is 1.33 bits per heavy atom. The molecule has 1 heterocycles. The molecular formula is C16H24BrClN2O3S. The molecule has 8 heteroatoms. The summed E-state index contributed by atoms with van der Waals surface area (Å²) in [5.74, 6) is 0.485. The van der Waals surface area contributed by atoms with E-state index in [1.165, 1.54) is 6.07 Å². The molecule has 1 N–H and O–H groups in total. The van der Waals surface area contributed by atoms with Gasteiger partial charge in [0.25, 0.3) is 0 Å². The van der Waals surface area contributed by atoms with Gasteiger partial charge >= 0.3 is 0 Å². The highest BCUT2D eigenvalue weighted by atomic mass is 79.9. The van der Waals surface area contributed by atoms with Crippen molar-refractivity contribution in [2.45, 2.75) is 31.2 Å². The average Bonchev–Trinajstić information content (AvgIpc) is 2.51. The first kappa shape index (κ1) is 20.1. The largest absolute Gasteiger partial charge is 0.379 e. The van der Waals surface area contributed by atoms with Crippen molar-refractivity contribution in [1.29, 1.82) is 0 Å². The molecule has 0 bridgehead atoms. The molecule has 1 aromatic carbocycles. The molecule has 24 heavy (non-hydrogen) atoms. The van der Waals surface area contributed by atoms with Crippen LogP contribution in [0.1, 0.15) is 20.3 Å². The monoisotopic (exact) mass is 438 g/mol. The van der Waals surface area contributed by atoms with Crippen molar-refractivity contribution >= 4 is 37.6 Å². The molecule has 1 aromatic rings. The lowest BCUT2D eigenvalue weighted by Crippen LogP contribution is -2.49. The maximum atomic E-state index is 12.6. The number of sulfonamides is 1. The Labute approximate surface area is 157 Å². The second-order valence-corrected chi connectivity index (χ2v) is 9.42. The Morgan fingerprint density at radius 3 is 2.58 bits per heavy atom. The van der Waals surface area contributed by atoms with Crippen molar-refractivity contribution in [2.75, 3.05) is 32.8 Å². The van der Waals surface area contributed by atoms with Crippen LogP contribution in [0.3, 0.4) is 0 Å². The van der Waals surface area contributed by atoms with E-state index in [1.807, 2.05) is 0 Å². The van der Waals surface area contributed by atoms with Crippen LogP contribution in [-0.2, 0) is 14.8 Å². The predicted molar refractivity (Wildman–Crippen MR) is 100.0 cm³/mol. The molecule has 1 atom stereocenters. The normalized spacial score (nSPS) is 18.0. The summed E-state index contributed by atoms with van der Waals surface area (Å²) in [7, 11) is -3.64. The van der Waals surface area contributed by atoms with Gasteiger partial charge in [-0.2, -0.15) is 0 Å². The standard InChI is InChI=1S/C16H24BrClN2O3S/c1-12(2)9-14(20-5-7-23-8-6-20)11-19-24(21,22)16-4-3-13(17)10-15(16)18/h3-4,10,12,14,19H,5-9,11H2,1-2H3/t14-/m1/s1. The fraction of sp³-hybridized carbons (Fsp3) is 0.625. The lowest BCUT2D eigenvalue weighted by atomic mass is 10.0. The van der Waals surface area contributed by atoms with Gasteiger partial charge in [-0.3, -0.25) is 4.90 Å². The van der Waals surface area contributed by atoms with Gasteiger partial charge in [0.1, 0.15) is 4.90 Å². The Hall–Kier alpha value is -0.180. The minimum Gasteiger partial charge on any atom is -0.379 e. The van der Waals surface area contributed by atoms with Crippen LogP contribution < -0.4 is 4.72 Å². The molecule has 0 aromatic heterocycles. The van der Waals surface area contributed by atoms with Gasteiger partial charge in [0.2, 0.25) is 10.0 Å². The smallest absolute Gasteiger partial charge is 0.242 e. The van der Waals surface area contributed by atoms with Crippen molar-refractivity contribution in [3.63, 3.8) is 0 Å². The molecule has 0 saturated carbocycles. The van der Waals surface area contributed by atoms with Crippen molar-refractivity contribution < 1.29 is 13.2 Å². The third kappa shape index (κ3) is 5.68. The third-order valence-electron chi connectivity index (χ3n) is 4.00. The van der Waals surface area contributed by atoms with Gasteiger partial charge in [-0.15, -0.1) is 0 Å². The van der Waals surface area contributed by atoms with E-state index in [2.05, 4.69) is 39.4 Å². The molecule has 5 nitrogen and oxygen atoms in total. The minimum atomic E-state index is -3.64. The van der Waals surface area contributed by atoms with E-state index in [0.717, 1.165) is 24.0 Å². The minimum absolute atomic E-state index is 0.109. The zero-order chi connectivity index (χ0) is 17.7. The predicted octanol–water partition coefficient (Wildman–Crippen LogP) is 3.13. The Bertz CT molecular complexity index is 649. The van der Waals surface area contributed by atoms with Gasteiger partial charge in [0, 0.05) is 30.1 Å². The van der Waals surface area contributed by atoms with E-state index < -0.39 is 10.0 Å². The van der Waals surface area contributed by atoms with E-state index in [-0.39, 0.29) is 16.0 Å². The van der Waals surface area contributed by atoms with Crippen LogP contribution in [0.5, 0.6) is 0 Å². The van der Waals surface area contributed by atoms with Gasteiger partial charge < -0.3 is 4.74 Å². The number of halogens is 2. The summed E-state index contributed by atoms with van der Waals surface area (Å²) in [6.45, 7) is 7.71. The fourth-order valence-electron chi connectivity index (χ4n) is 2.83. The van der Waals surface area contributed by atoms with Gasteiger partial charge in [0.05, 0.1) is 18.2 Å². The van der Waals surface area contributed by atoms with Gasteiger partial charge in [-0.25, -0.2) is 13.1 Å². The van der Waals surface area contributed by atoms with E-state index >= 15 is 0 Å². The van der Waals surface area contributed by atoms with Crippen molar-refractivity contribution in [2.24, 2.45) is 5.92 Å². The van der Waals surface area contributed by atoms with Crippen LogP contribution in [0, 0.1) is 5.92 Å². The van der Waals surface area contributed by atoms with Gasteiger partial charge in [-0.05, 0) is 30.5 Å². The molecular weight excluding hydrogens is 416 g/mol. The van der Waals surface area contributed by atoms with Crippen molar-refractivity contribution in [3.8, 4) is 0 Å². The Balaban J connectivity index is 2.08. The number of benzene rings is 1. The molecule has 0 unspecified atom stereocenters. The second-order valence-electron chi connectivity index (χ2n) is 6.36.